The zero-order chi connectivity index (χ0) is 31.2. The predicted molar refractivity (Wildman–Crippen MR) is 170 cm³/mol. The van der Waals surface area contributed by atoms with Crippen LogP contribution in [0.25, 0.3) is 0 Å². The molecule has 0 aliphatic heterocycles. The highest BCUT2D eigenvalue weighted by Gasteiger charge is 2.33. The molecular formula is C40H32F4. The molecule has 6 rings (SSSR count). The monoisotopic (exact) mass is 588 g/mol. The van der Waals surface area contributed by atoms with Gasteiger partial charge < -0.3 is 0 Å². The SMILES string of the molecule is CC(c1ccccc1)(c1ccc(F)cc1)c1ccc(F)cc1.CC(c1ccccc1)(c1ccc(F)cc1)c1ccccc1F. The Bertz CT molecular complexity index is 1730. The van der Waals surface area contributed by atoms with Crippen LogP contribution in [0.5, 0.6) is 0 Å². The topological polar surface area (TPSA) is 0 Å². The maximum atomic E-state index is 14.5. The quantitative estimate of drug-likeness (QED) is 0.134. The van der Waals surface area contributed by atoms with Gasteiger partial charge in [-0.25, -0.2) is 17.6 Å². The Morgan fingerprint density at radius 2 is 0.614 bits per heavy atom. The average Bonchev–Trinajstić information content (AvgIpc) is 3.06. The van der Waals surface area contributed by atoms with Gasteiger partial charge in [0.2, 0.25) is 0 Å². The fraction of sp³-hybridized carbons (Fsp3) is 0.100. The first-order valence-corrected chi connectivity index (χ1v) is 14.4. The number of hydrogen-bond donors (Lipinski definition) is 0. The highest BCUT2D eigenvalue weighted by Crippen LogP contribution is 2.40. The number of hydrogen-bond acceptors (Lipinski definition) is 0. The van der Waals surface area contributed by atoms with E-state index in [4.69, 9.17) is 0 Å². The van der Waals surface area contributed by atoms with Crippen molar-refractivity contribution in [2.45, 2.75) is 24.7 Å². The minimum atomic E-state index is -0.680. The summed E-state index contributed by atoms with van der Waals surface area (Å²) < 4.78 is 54.3. The molecule has 1 atom stereocenters. The van der Waals surface area contributed by atoms with E-state index in [-0.39, 0.29) is 23.3 Å². The Balaban J connectivity index is 0.000000175. The lowest BCUT2D eigenvalue weighted by atomic mass is 9.71. The van der Waals surface area contributed by atoms with Gasteiger partial charge in [0.25, 0.3) is 0 Å². The third-order valence-electron chi connectivity index (χ3n) is 8.38. The van der Waals surface area contributed by atoms with Crippen molar-refractivity contribution in [2.24, 2.45) is 0 Å². The van der Waals surface area contributed by atoms with Crippen molar-refractivity contribution in [1.29, 1.82) is 0 Å². The summed E-state index contributed by atoms with van der Waals surface area (Å²) in [5, 5.41) is 0. The Hall–Kier alpha value is -4.96. The van der Waals surface area contributed by atoms with Crippen molar-refractivity contribution in [3.63, 3.8) is 0 Å². The van der Waals surface area contributed by atoms with Crippen molar-refractivity contribution in [3.05, 3.63) is 214 Å². The van der Waals surface area contributed by atoms with Crippen LogP contribution in [0.3, 0.4) is 0 Å². The Labute approximate surface area is 256 Å². The van der Waals surface area contributed by atoms with Gasteiger partial charge in [0, 0.05) is 16.4 Å². The van der Waals surface area contributed by atoms with Gasteiger partial charge in [0.1, 0.15) is 23.3 Å². The molecule has 220 valence electrons. The fourth-order valence-electron chi connectivity index (χ4n) is 5.74. The van der Waals surface area contributed by atoms with Gasteiger partial charge >= 0.3 is 0 Å². The van der Waals surface area contributed by atoms with Crippen LogP contribution < -0.4 is 0 Å². The highest BCUT2D eigenvalue weighted by molar-refractivity contribution is 5.51. The third kappa shape index (κ3) is 6.21. The molecule has 0 amide bonds. The zero-order valence-electron chi connectivity index (χ0n) is 24.5. The zero-order valence-corrected chi connectivity index (χ0v) is 24.5. The molecule has 0 aliphatic rings. The summed E-state index contributed by atoms with van der Waals surface area (Å²) in [6, 6.07) is 45.7. The van der Waals surface area contributed by atoms with Gasteiger partial charge in [-0.05, 0) is 84.1 Å². The van der Waals surface area contributed by atoms with Gasteiger partial charge in [-0.2, -0.15) is 0 Å². The highest BCUT2D eigenvalue weighted by atomic mass is 19.1. The van der Waals surface area contributed by atoms with Crippen molar-refractivity contribution in [1.82, 2.24) is 0 Å². The van der Waals surface area contributed by atoms with E-state index in [9.17, 15) is 17.6 Å². The van der Waals surface area contributed by atoms with Crippen molar-refractivity contribution < 1.29 is 17.6 Å². The molecule has 0 nitrogen and oxygen atoms in total. The molecule has 6 aromatic rings. The minimum Gasteiger partial charge on any atom is -0.207 e. The standard InChI is InChI=1S/2C20H16F2/c1-20(15-7-3-2-4-8-15,16-11-13-17(21)14-12-16)18-9-5-6-10-19(18)22;1-20(15-5-3-2-4-6-15,16-7-11-18(21)12-8-16)17-9-13-19(22)14-10-17/h2*2-14H,1H3. The van der Waals surface area contributed by atoms with Gasteiger partial charge in [0.05, 0.1) is 0 Å². The smallest absolute Gasteiger partial charge is 0.127 e. The van der Waals surface area contributed by atoms with E-state index in [0.717, 1.165) is 27.8 Å². The molecule has 0 saturated heterocycles. The summed E-state index contributed by atoms with van der Waals surface area (Å²) in [4.78, 5) is 0. The Kier molecular flexibility index (Phi) is 9.10. The maximum Gasteiger partial charge on any atom is 0.127 e. The first-order valence-electron chi connectivity index (χ1n) is 14.4. The molecular weight excluding hydrogens is 556 g/mol. The van der Waals surface area contributed by atoms with Crippen LogP contribution in [-0.4, -0.2) is 0 Å². The summed E-state index contributed by atoms with van der Waals surface area (Å²) in [5.41, 5.74) is 4.25. The summed E-state index contributed by atoms with van der Waals surface area (Å²) in [6.45, 7) is 4.04. The first kappa shape index (κ1) is 30.5. The average molecular weight is 589 g/mol. The lowest BCUT2D eigenvalue weighted by Crippen LogP contribution is -2.26. The number of benzene rings is 6. The van der Waals surface area contributed by atoms with Crippen molar-refractivity contribution in [3.8, 4) is 0 Å². The van der Waals surface area contributed by atoms with E-state index >= 15 is 0 Å². The number of halogens is 4. The second-order valence-electron chi connectivity index (χ2n) is 11.0. The van der Waals surface area contributed by atoms with E-state index in [2.05, 4.69) is 6.92 Å². The van der Waals surface area contributed by atoms with E-state index in [1.54, 1.807) is 48.5 Å². The van der Waals surface area contributed by atoms with Gasteiger partial charge in [-0.1, -0.05) is 115 Å². The van der Waals surface area contributed by atoms with Crippen molar-refractivity contribution >= 4 is 0 Å². The fourth-order valence-corrected chi connectivity index (χ4v) is 5.74. The summed E-state index contributed by atoms with van der Waals surface area (Å²) in [7, 11) is 0. The van der Waals surface area contributed by atoms with Crippen LogP contribution in [0.4, 0.5) is 17.6 Å². The van der Waals surface area contributed by atoms with E-state index in [1.807, 2.05) is 73.7 Å². The third-order valence-corrected chi connectivity index (χ3v) is 8.38. The minimum absolute atomic E-state index is 0.265. The van der Waals surface area contributed by atoms with Crippen LogP contribution >= 0.6 is 0 Å². The van der Waals surface area contributed by atoms with Crippen LogP contribution in [0, 0.1) is 23.3 Å². The molecule has 1 unspecified atom stereocenters. The second-order valence-corrected chi connectivity index (χ2v) is 11.0. The van der Waals surface area contributed by atoms with E-state index < -0.39 is 10.8 Å². The predicted octanol–water partition coefficient (Wildman–Crippen LogP) is 10.6. The van der Waals surface area contributed by atoms with Crippen LogP contribution in [0.1, 0.15) is 47.2 Å². The van der Waals surface area contributed by atoms with Crippen LogP contribution in [0.2, 0.25) is 0 Å². The summed E-state index contributed by atoms with van der Waals surface area (Å²) in [6.07, 6.45) is 0. The van der Waals surface area contributed by atoms with Gasteiger partial charge in [0.15, 0.2) is 0 Å². The molecule has 0 saturated carbocycles. The molecule has 44 heavy (non-hydrogen) atoms. The lowest BCUT2D eigenvalue weighted by Gasteiger charge is -2.32. The molecule has 6 aromatic carbocycles. The molecule has 4 heteroatoms. The molecule has 0 fully saturated rings. The largest absolute Gasteiger partial charge is 0.207 e. The molecule has 0 aromatic heterocycles. The van der Waals surface area contributed by atoms with E-state index in [0.29, 0.717) is 5.56 Å². The summed E-state index contributed by atoms with van der Waals surface area (Å²) >= 11 is 0. The number of rotatable bonds is 6. The Morgan fingerprint density at radius 1 is 0.318 bits per heavy atom. The normalized spacial score (nSPS) is 12.5. The van der Waals surface area contributed by atoms with Crippen LogP contribution in [-0.2, 0) is 10.8 Å². The summed E-state index contributed by atoms with van der Waals surface area (Å²) in [5.74, 6) is -1.09. The van der Waals surface area contributed by atoms with Crippen LogP contribution in [0.15, 0.2) is 158 Å². The lowest BCUT2D eigenvalue weighted by molar-refractivity contribution is 0.565. The molecule has 0 radical (unpaired) electrons. The second kappa shape index (κ2) is 13.1. The first-order chi connectivity index (χ1) is 21.2. The molecule has 0 spiro atoms. The van der Waals surface area contributed by atoms with Crippen molar-refractivity contribution in [2.75, 3.05) is 0 Å². The Morgan fingerprint density at radius 3 is 1.00 bits per heavy atom. The molecule has 0 heterocycles. The molecule has 0 bridgehead atoms. The maximum absolute atomic E-state index is 14.5. The molecule has 0 N–H and O–H groups in total. The van der Waals surface area contributed by atoms with E-state index in [1.165, 1.54) is 42.5 Å². The molecule has 0 aliphatic carbocycles. The van der Waals surface area contributed by atoms with Gasteiger partial charge in [-0.15, -0.1) is 0 Å². The van der Waals surface area contributed by atoms with Gasteiger partial charge in [-0.3, -0.25) is 0 Å².